The SMILES string of the molecule is Cc1ccc(SCCNC(=O)CSc2nnc(Nc3ccccc3F)s2)cc1. The molecule has 146 valence electrons. The van der Waals surface area contributed by atoms with E-state index < -0.39 is 0 Å². The van der Waals surface area contributed by atoms with Crippen LogP contribution in [0.3, 0.4) is 0 Å². The van der Waals surface area contributed by atoms with Crippen LogP contribution in [0.5, 0.6) is 0 Å². The molecule has 0 atom stereocenters. The van der Waals surface area contributed by atoms with Crippen molar-refractivity contribution >= 4 is 51.6 Å². The van der Waals surface area contributed by atoms with Gasteiger partial charge in [0, 0.05) is 17.2 Å². The van der Waals surface area contributed by atoms with Gasteiger partial charge in [-0.1, -0.05) is 52.9 Å². The van der Waals surface area contributed by atoms with Crippen molar-refractivity contribution < 1.29 is 9.18 Å². The van der Waals surface area contributed by atoms with Crippen molar-refractivity contribution in [3.63, 3.8) is 0 Å². The van der Waals surface area contributed by atoms with Crippen LogP contribution in [0.15, 0.2) is 57.8 Å². The molecule has 9 heteroatoms. The minimum absolute atomic E-state index is 0.0479. The molecule has 3 rings (SSSR count). The van der Waals surface area contributed by atoms with Gasteiger partial charge in [-0.3, -0.25) is 4.79 Å². The number of nitrogens with one attached hydrogen (secondary N) is 2. The Morgan fingerprint density at radius 3 is 2.68 bits per heavy atom. The van der Waals surface area contributed by atoms with Crippen molar-refractivity contribution in [2.24, 2.45) is 0 Å². The Labute approximate surface area is 175 Å². The normalized spacial score (nSPS) is 10.6. The lowest BCUT2D eigenvalue weighted by molar-refractivity contribution is -0.118. The fourth-order valence-electron chi connectivity index (χ4n) is 2.17. The maximum absolute atomic E-state index is 13.6. The number of amides is 1. The molecule has 1 aromatic heterocycles. The first-order valence-electron chi connectivity index (χ1n) is 8.54. The molecule has 2 aromatic carbocycles. The van der Waals surface area contributed by atoms with E-state index in [1.165, 1.54) is 39.6 Å². The second-order valence-electron chi connectivity index (χ2n) is 5.78. The van der Waals surface area contributed by atoms with E-state index in [1.54, 1.807) is 30.0 Å². The summed E-state index contributed by atoms with van der Waals surface area (Å²) in [5.74, 6) is 0.682. The van der Waals surface area contributed by atoms with Crippen LogP contribution in [0.1, 0.15) is 5.56 Å². The van der Waals surface area contributed by atoms with Gasteiger partial charge in [0.25, 0.3) is 0 Å². The Bertz CT molecular complexity index is 918. The molecule has 1 heterocycles. The Balaban J connectivity index is 1.36. The van der Waals surface area contributed by atoms with Crippen molar-refractivity contribution in [2.75, 3.05) is 23.4 Å². The van der Waals surface area contributed by atoms with E-state index in [0.717, 1.165) is 5.75 Å². The number of anilines is 2. The van der Waals surface area contributed by atoms with Crippen molar-refractivity contribution in [1.29, 1.82) is 0 Å². The lowest BCUT2D eigenvalue weighted by Gasteiger charge is -2.04. The highest BCUT2D eigenvalue weighted by Gasteiger charge is 2.09. The third-order valence-electron chi connectivity index (χ3n) is 3.56. The Morgan fingerprint density at radius 2 is 1.89 bits per heavy atom. The van der Waals surface area contributed by atoms with Gasteiger partial charge in [0.1, 0.15) is 5.82 Å². The average molecular weight is 435 g/mol. The van der Waals surface area contributed by atoms with Crippen LogP contribution in [-0.4, -0.2) is 34.2 Å². The predicted molar refractivity (Wildman–Crippen MR) is 115 cm³/mol. The maximum Gasteiger partial charge on any atom is 0.230 e. The van der Waals surface area contributed by atoms with Crippen LogP contribution in [0.4, 0.5) is 15.2 Å². The molecule has 0 saturated heterocycles. The zero-order valence-electron chi connectivity index (χ0n) is 15.1. The molecule has 3 aromatic rings. The summed E-state index contributed by atoms with van der Waals surface area (Å²) in [4.78, 5) is 13.2. The van der Waals surface area contributed by atoms with Crippen LogP contribution >= 0.6 is 34.9 Å². The van der Waals surface area contributed by atoms with E-state index in [1.807, 2.05) is 0 Å². The van der Waals surface area contributed by atoms with E-state index in [4.69, 9.17) is 0 Å². The zero-order valence-corrected chi connectivity index (χ0v) is 17.6. The molecule has 0 aliphatic carbocycles. The van der Waals surface area contributed by atoms with Gasteiger partial charge in [-0.2, -0.15) is 0 Å². The van der Waals surface area contributed by atoms with E-state index in [0.29, 0.717) is 21.7 Å². The molecule has 2 N–H and O–H groups in total. The number of aryl methyl sites for hydroxylation is 1. The fourth-order valence-corrected chi connectivity index (χ4v) is 4.53. The van der Waals surface area contributed by atoms with Gasteiger partial charge < -0.3 is 10.6 Å². The predicted octanol–water partition coefficient (Wildman–Crippen LogP) is 4.73. The number of nitrogens with zero attached hydrogens (tertiary/aromatic N) is 2. The van der Waals surface area contributed by atoms with Gasteiger partial charge >= 0.3 is 0 Å². The van der Waals surface area contributed by atoms with Gasteiger partial charge in [0.15, 0.2) is 4.34 Å². The highest BCUT2D eigenvalue weighted by molar-refractivity contribution is 8.01. The van der Waals surface area contributed by atoms with Gasteiger partial charge in [0.2, 0.25) is 11.0 Å². The number of benzene rings is 2. The number of aromatic nitrogens is 2. The van der Waals surface area contributed by atoms with Crippen LogP contribution < -0.4 is 10.6 Å². The summed E-state index contributed by atoms with van der Waals surface area (Å²) in [5.41, 5.74) is 1.58. The molecule has 0 fully saturated rings. The number of hydrogen-bond donors (Lipinski definition) is 2. The van der Waals surface area contributed by atoms with Crippen molar-refractivity contribution in [3.8, 4) is 0 Å². The lowest BCUT2D eigenvalue weighted by atomic mass is 10.2. The van der Waals surface area contributed by atoms with Gasteiger partial charge in [-0.25, -0.2) is 4.39 Å². The molecule has 0 aliphatic rings. The number of halogens is 1. The molecule has 0 spiro atoms. The first-order valence-corrected chi connectivity index (χ1v) is 11.3. The summed E-state index contributed by atoms with van der Waals surface area (Å²) in [6, 6.07) is 14.7. The fraction of sp³-hybridized carbons (Fsp3) is 0.211. The Hall–Kier alpha value is -2.10. The number of hydrogen-bond acceptors (Lipinski definition) is 7. The number of carbonyl (C=O) groups is 1. The smallest absolute Gasteiger partial charge is 0.230 e. The standard InChI is InChI=1S/C19H19FN4OS3/c1-13-6-8-14(9-7-13)26-11-10-21-17(25)12-27-19-24-23-18(28-19)22-16-5-3-2-4-15(16)20/h2-9H,10-12H2,1H3,(H,21,25)(H,22,23). The monoisotopic (exact) mass is 434 g/mol. The van der Waals surface area contributed by atoms with Crippen molar-refractivity contribution in [2.45, 2.75) is 16.2 Å². The highest BCUT2D eigenvalue weighted by atomic mass is 32.2. The Kier molecular flexibility index (Phi) is 7.70. The highest BCUT2D eigenvalue weighted by Crippen LogP contribution is 2.28. The lowest BCUT2D eigenvalue weighted by Crippen LogP contribution is -2.27. The largest absolute Gasteiger partial charge is 0.355 e. The number of carbonyl (C=O) groups excluding carboxylic acids is 1. The summed E-state index contributed by atoms with van der Waals surface area (Å²) < 4.78 is 14.3. The second kappa shape index (κ2) is 10.4. The maximum atomic E-state index is 13.6. The van der Waals surface area contributed by atoms with E-state index in [2.05, 4.69) is 52.0 Å². The molecule has 0 bridgehead atoms. The van der Waals surface area contributed by atoms with E-state index in [9.17, 15) is 9.18 Å². The van der Waals surface area contributed by atoms with Crippen LogP contribution in [-0.2, 0) is 4.79 Å². The first kappa shape index (κ1) is 20.6. The number of thioether (sulfide) groups is 2. The third kappa shape index (κ3) is 6.50. The summed E-state index contributed by atoms with van der Waals surface area (Å²) in [6.45, 7) is 2.66. The molecule has 0 saturated carbocycles. The first-order chi connectivity index (χ1) is 13.6. The number of rotatable bonds is 9. The molecule has 0 radical (unpaired) electrons. The quantitative estimate of drug-likeness (QED) is 0.375. The topological polar surface area (TPSA) is 66.9 Å². The molecule has 5 nitrogen and oxygen atoms in total. The summed E-state index contributed by atoms with van der Waals surface area (Å²) in [5, 5.41) is 14.3. The van der Waals surface area contributed by atoms with Crippen molar-refractivity contribution in [3.05, 3.63) is 59.9 Å². The van der Waals surface area contributed by atoms with Gasteiger partial charge in [0.05, 0.1) is 11.4 Å². The Morgan fingerprint density at radius 1 is 1.11 bits per heavy atom. The van der Waals surface area contributed by atoms with Crippen LogP contribution in [0.25, 0.3) is 0 Å². The van der Waals surface area contributed by atoms with Crippen molar-refractivity contribution in [1.82, 2.24) is 15.5 Å². The molecular formula is C19H19FN4OS3. The summed E-state index contributed by atoms with van der Waals surface area (Å²) in [7, 11) is 0. The number of para-hydroxylation sites is 1. The molecule has 0 unspecified atom stereocenters. The minimum Gasteiger partial charge on any atom is -0.355 e. The van der Waals surface area contributed by atoms with E-state index >= 15 is 0 Å². The van der Waals surface area contributed by atoms with E-state index in [-0.39, 0.29) is 17.5 Å². The average Bonchev–Trinajstić information content (AvgIpc) is 3.14. The molecule has 1 amide bonds. The van der Waals surface area contributed by atoms with Gasteiger partial charge in [-0.05, 0) is 31.2 Å². The third-order valence-corrected chi connectivity index (χ3v) is 6.55. The molecule has 0 aliphatic heterocycles. The second-order valence-corrected chi connectivity index (χ2v) is 9.15. The van der Waals surface area contributed by atoms with Crippen LogP contribution in [0, 0.1) is 12.7 Å². The molecular weight excluding hydrogens is 415 g/mol. The minimum atomic E-state index is -0.352. The molecule has 28 heavy (non-hydrogen) atoms. The van der Waals surface area contributed by atoms with Crippen LogP contribution in [0.2, 0.25) is 0 Å². The summed E-state index contributed by atoms with van der Waals surface area (Å²) in [6.07, 6.45) is 0. The van der Waals surface area contributed by atoms with Gasteiger partial charge in [-0.15, -0.1) is 22.0 Å². The zero-order chi connectivity index (χ0) is 19.8. The summed E-state index contributed by atoms with van der Waals surface area (Å²) >= 11 is 4.31.